The highest BCUT2D eigenvalue weighted by molar-refractivity contribution is 5.65. The molecule has 21 heavy (non-hydrogen) atoms. The average molecular weight is 304 g/mol. The summed E-state index contributed by atoms with van der Waals surface area (Å²) in [4.78, 5) is 21.3. The molecular formula is C14H28N2O5. The van der Waals surface area contributed by atoms with Crippen molar-refractivity contribution in [2.75, 3.05) is 13.2 Å². The zero-order chi connectivity index (χ0) is 16.6. The van der Waals surface area contributed by atoms with Gasteiger partial charge in [0.2, 0.25) is 0 Å². The van der Waals surface area contributed by atoms with Crippen LogP contribution in [0.25, 0.3) is 0 Å². The fraction of sp³-hybridized carbons (Fsp3) is 0.857. The molecule has 5 N–H and O–H groups in total. The van der Waals surface area contributed by atoms with E-state index < -0.39 is 12.2 Å². The van der Waals surface area contributed by atoms with E-state index in [9.17, 15) is 14.7 Å². The Morgan fingerprint density at radius 3 is 2.10 bits per heavy atom. The van der Waals surface area contributed by atoms with E-state index in [-0.39, 0.29) is 29.9 Å². The molecule has 0 saturated carbocycles. The Morgan fingerprint density at radius 1 is 1.14 bits per heavy atom. The SMILES string of the molecule is CC(C)C(NC(=O)O)C(CO)CC(C)(C)CCNC(=O)O. The first-order chi connectivity index (χ1) is 9.59. The second-order valence-corrected chi connectivity index (χ2v) is 6.51. The highest BCUT2D eigenvalue weighted by Crippen LogP contribution is 2.32. The van der Waals surface area contributed by atoms with Crippen molar-refractivity contribution in [3.05, 3.63) is 0 Å². The third-order valence-corrected chi connectivity index (χ3v) is 3.64. The normalized spacial score (nSPS) is 14.6. The number of amides is 2. The van der Waals surface area contributed by atoms with Crippen molar-refractivity contribution in [2.45, 2.75) is 46.6 Å². The molecule has 2 unspecified atom stereocenters. The van der Waals surface area contributed by atoms with Crippen LogP contribution in [0, 0.1) is 17.3 Å². The molecule has 0 aliphatic heterocycles. The molecule has 7 nitrogen and oxygen atoms in total. The largest absolute Gasteiger partial charge is 0.465 e. The Hall–Kier alpha value is -1.50. The van der Waals surface area contributed by atoms with E-state index in [2.05, 4.69) is 10.6 Å². The molecular weight excluding hydrogens is 276 g/mol. The maximum atomic E-state index is 10.9. The fourth-order valence-electron chi connectivity index (χ4n) is 2.60. The van der Waals surface area contributed by atoms with Crippen LogP contribution >= 0.6 is 0 Å². The second kappa shape index (κ2) is 8.71. The number of carbonyl (C=O) groups is 2. The van der Waals surface area contributed by atoms with Crippen LogP contribution in [0.4, 0.5) is 9.59 Å². The Bertz CT molecular complexity index is 344. The summed E-state index contributed by atoms with van der Waals surface area (Å²) in [5, 5.41) is 31.9. The maximum absolute atomic E-state index is 10.9. The van der Waals surface area contributed by atoms with E-state index in [1.807, 2.05) is 27.7 Å². The topological polar surface area (TPSA) is 119 Å². The number of carboxylic acid groups (broad SMARTS) is 2. The molecule has 0 aromatic heterocycles. The summed E-state index contributed by atoms with van der Waals surface area (Å²) in [7, 11) is 0. The van der Waals surface area contributed by atoms with Crippen LogP contribution < -0.4 is 10.6 Å². The van der Waals surface area contributed by atoms with Gasteiger partial charge in [0.15, 0.2) is 0 Å². The summed E-state index contributed by atoms with van der Waals surface area (Å²) in [6, 6.07) is -0.334. The molecule has 0 aromatic rings. The molecule has 7 heteroatoms. The lowest BCUT2D eigenvalue weighted by Gasteiger charge is -2.35. The minimum atomic E-state index is -1.10. The van der Waals surface area contributed by atoms with Crippen molar-refractivity contribution < 1.29 is 24.9 Å². The number of aliphatic hydroxyl groups is 1. The summed E-state index contributed by atoms with van der Waals surface area (Å²) in [5.41, 5.74) is -0.205. The molecule has 2 atom stereocenters. The smallest absolute Gasteiger partial charge is 0.404 e. The van der Waals surface area contributed by atoms with E-state index in [1.54, 1.807) is 0 Å². The van der Waals surface area contributed by atoms with Crippen LogP contribution in [0.5, 0.6) is 0 Å². The highest BCUT2D eigenvalue weighted by Gasteiger charge is 2.31. The average Bonchev–Trinajstić information content (AvgIpc) is 2.32. The van der Waals surface area contributed by atoms with E-state index >= 15 is 0 Å². The summed E-state index contributed by atoms with van der Waals surface area (Å²) >= 11 is 0. The Labute approximate surface area is 125 Å². The van der Waals surface area contributed by atoms with Crippen molar-refractivity contribution in [3.8, 4) is 0 Å². The van der Waals surface area contributed by atoms with Gasteiger partial charge < -0.3 is 26.0 Å². The zero-order valence-corrected chi connectivity index (χ0v) is 13.2. The number of hydrogen-bond acceptors (Lipinski definition) is 3. The van der Waals surface area contributed by atoms with Gasteiger partial charge >= 0.3 is 12.2 Å². The molecule has 0 bridgehead atoms. The summed E-state index contributed by atoms with van der Waals surface area (Å²) in [6.45, 7) is 8.00. The van der Waals surface area contributed by atoms with Gasteiger partial charge in [0.05, 0.1) is 0 Å². The van der Waals surface area contributed by atoms with Crippen LogP contribution in [-0.2, 0) is 0 Å². The number of nitrogens with one attached hydrogen (secondary N) is 2. The predicted octanol–water partition coefficient (Wildman–Crippen LogP) is 1.96. The van der Waals surface area contributed by atoms with Crippen molar-refractivity contribution in [1.29, 1.82) is 0 Å². The molecule has 0 saturated heterocycles. The van der Waals surface area contributed by atoms with Crippen LogP contribution in [0.2, 0.25) is 0 Å². The Kier molecular flexibility index (Phi) is 8.09. The van der Waals surface area contributed by atoms with E-state index in [1.165, 1.54) is 0 Å². The molecule has 0 radical (unpaired) electrons. The minimum Gasteiger partial charge on any atom is -0.465 e. The Balaban J connectivity index is 4.68. The third-order valence-electron chi connectivity index (χ3n) is 3.64. The summed E-state index contributed by atoms with van der Waals surface area (Å²) in [6.07, 6.45) is -0.934. The Morgan fingerprint density at radius 2 is 1.71 bits per heavy atom. The first-order valence-electron chi connectivity index (χ1n) is 7.16. The van der Waals surface area contributed by atoms with Gasteiger partial charge in [0.25, 0.3) is 0 Å². The maximum Gasteiger partial charge on any atom is 0.404 e. The van der Waals surface area contributed by atoms with E-state index in [0.29, 0.717) is 19.4 Å². The highest BCUT2D eigenvalue weighted by atomic mass is 16.4. The van der Waals surface area contributed by atoms with Crippen LogP contribution in [0.15, 0.2) is 0 Å². The number of hydrogen-bond donors (Lipinski definition) is 5. The lowest BCUT2D eigenvalue weighted by atomic mass is 9.75. The van der Waals surface area contributed by atoms with Crippen LogP contribution in [-0.4, -0.2) is 46.7 Å². The van der Waals surface area contributed by atoms with E-state index in [4.69, 9.17) is 10.2 Å². The lowest BCUT2D eigenvalue weighted by Crippen LogP contribution is -2.46. The molecule has 0 aromatic carbocycles. The summed E-state index contributed by atoms with van der Waals surface area (Å²) < 4.78 is 0. The van der Waals surface area contributed by atoms with Gasteiger partial charge in [-0.1, -0.05) is 27.7 Å². The number of aliphatic hydroxyl groups excluding tert-OH is 1. The zero-order valence-electron chi connectivity index (χ0n) is 13.2. The predicted molar refractivity (Wildman–Crippen MR) is 79.4 cm³/mol. The first kappa shape index (κ1) is 19.5. The second-order valence-electron chi connectivity index (χ2n) is 6.51. The lowest BCUT2D eigenvalue weighted by molar-refractivity contribution is 0.109. The first-order valence-corrected chi connectivity index (χ1v) is 7.16. The van der Waals surface area contributed by atoms with Crippen molar-refractivity contribution in [1.82, 2.24) is 10.6 Å². The molecule has 0 heterocycles. The summed E-state index contributed by atoms with van der Waals surface area (Å²) in [5.74, 6) is -0.146. The van der Waals surface area contributed by atoms with Gasteiger partial charge in [-0.25, -0.2) is 9.59 Å². The van der Waals surface area contributed by atoms with Gasteiger partial charge in [-0.2, -0.15) is 0 Å². The van der Waals surface area contributed by atoms with Crippen molar-refractivity contribution in [2.24, 2.45) is 17.3 Å². The van der Waals surface area contributed by atoms with E-state index in [0.717, 1.165) is 0 Å². The third kappa shape index (κ3) is 8.39. The van der Waals surface area contributed by atoms with Crippen LogP contribution in [0.1, 0.15) is 40.5 Å². The van der Waals surface area contributed by atoms with Gasteiger partial charge in [0, 0.05) is 25.1 Å². The molecule has 0 rings (SSSR count). The van der Waals surface area contributed by atoms with Gasteiger partial charge in [-0.3, -0.25) is 0 Å². The quantitative estimate of drug-likeness (QED) is 0.446. The number of rotatable bonds is 9. The molecule has 0 fully saturated rings. The van der Waals surface area contributed by atoms with Crippen LogP contribution in [0.3, 0.4) is 0 Å². The molecule has 0 spiro atoms. The van der Waals surface area contributed by atoms with Gasteiger partial charge in [-0.05, 0) is 24.2 Å². The minimum absolute atomic E-state index is 0.0613. The standard InChI is InChI=1S/C14H28N2O5/c1-9(2)11(16-13(20)21)10(8-17)7-14(3,4)5-6-15-12(18)19/h9-11,15-17H,5-8H2,1-4H3,(H,18,19)(H,20,21). The molecule has 0 aliphatic carbocycles. The van der Waals surface area contributed by atoms with Crippen molar-refractivity contribution >= 4 is 12.2 Å². The molecule has 124 valence electrons. The fourth-order valence-corrected chi connectivity index (χ4v) is 2.60. The van der Waals surface area contributed by atoms with Gasteiger partial charge in [-0.15, -0.1) is 0 Å². The monoisotopic (exact) mass is 304 g/mol. The van der Waals surface area contributed by atoms with Gasteiger partial charge in [0.1, 0.15) is 0 Å². The van der Waals surface area contributed by atoms with Crippen molar-refractivity contribution in [3.63, 3.8) is 0 Å². The molecule has 0 aliphatic rings. The molecule has 2 amide bonds.